The molecule has 0 aliphatic heterocycles. The molecule has 0 bridgehead atoms. The molecule has 0 heterocycles. The summed E-state index contributed by atoms with van der Waals surface area (Å²) in [6.45, 7) is 3.46. The second kappa shape index (κ2) is 39.7. The molecule has 2 N–H and O–H groups in total. The molecule has 0 amide bonds. The average Bonchev–Trinajstić information content (AvgIpc) is 3.14. The fourth-order valence-corrected chi connectivity index (χ4v) is 5.44. The van der Waals surface area contributed by atoms with Crippen LogP contribution in [0.3, 0.4) is 0 Å². The number of allylic oxidation sites excluding steroid dienone is 16. The van der Waals surface area contributed by atoms with Gasteiger partial charge in [-0.1, -0.05) is 162 Å². The third-order valence-electron chi connectivity index (χ3n) is 8.10. The number of rotatable bonds is 36. The Morgan fingerprint density at radius 2 is 0.926 bits per heavy atom. The molecule has 0 fully saturated rings. The molecule has 0 spiro atoms. The smallest absolute Gasteiger partial charge is 0.462 e. The van der Waals surface area contributed by atoms with Crippen LogP contribution in [0, 0.1) is 0 Å². The van der Waals surface area contributed by atoms with Gasteiger partial charge in [-0.2, -0.15) is 0 Å². The maximum absolute atomic E-state index is 12.4. The largest absolute Gasteiger partial charge is 0.469 e. The Hall–Kier alpha value is -3.03. The van der Waals surface area contributed by atoms with E-state index < -0.39 is 32.5 Å². The van der Waals surface area contributed by atoms with E-state index in [0.717, 1.165) is 57.8 Å². The first-order valence-corrected chi connectivity index (χ1v) is 22.1. The number of ether oxygens (including phenoxy) is 2. The van der Waals surface area contributed by atoms with Crippen LogP contribution in [0.2, 0.25) is 0 Å². The summed E-state index contributed by atoms with van der Waals surface area (Å²) >= 11 is 0. The first-order valence-electron chi connectivity index (χ1n) is 20.5. The third kappa shape index (κ3) is 41.7. The van der Waals surface area contributed by atoms with E-state index in [1.54, 1.807) is 0 Å². The third-order valence-corrected chi connectivity index (χ3v) is 8.59. The van der Waals surface area contributed by atoms with E-state index in [0.29, 0.717) is 12.8 Å². The highest BCUT2D eigenvalue weighted by Gasteiger charge is 2.22. The van der Waals surface area contributed by atoms with Crippen molar-refractivity contribution < 1.29 is 37.9 Å². The summed E-state index contributed by atoms with van der Waals surface area (Å²) in [7, 11) is -4.79. The van der Waals surface area contributed by atoms with Crippen LogP contribution in [0.4, 0.5) is 0 Å². The summed E-state index contributed by atoms with van der Waals surface area (Å²) in [6.07, 6.45) is 54.4. The van der Waals surface area contributed by atoms with Crippen LogP contribution in [-0.4, -0.2) is 41.0 Å². The number of carbonyl (C=O) groups excluding carboxylic acids is 2. The van der Waals surface area contributed by atoms with Crippen molar-refractivity contribution >= 4 is 19.8 Å². The summed E-state index contributed by atoms with van der Waals surface area (Å²) < 4.78 is 26.2. The van der Waals surface area contributed by atoms with E-state index in [9.17, 15) is 14.2 Å². The lowest BCUT2D eigenvalue weighted by Crippen LogP contribution is -2.29. The first-order chi connectivity index (χ1) is 26.3. The van der Waals surface area contributed by atoms with Crippen molar-refractivity contribution in [2.24, 2.45) is 0 Å². The number of esters is 2. The van der Waals surface area contributed by atoms with E-state index in [4.69, 9.17) is 19.3 Å². The monoisotopic (exact) mass is 773 g/mol. The van der Waals surface area contributed by atoms with Crippen molar-refractivity contribution in [2.75, 3.05) is 13.2 Å². The summed E-state index contributed by atoms with van der Waals surface area (Å²) in [6, 6.07) is 0. The van der Waals surface area contributed by atoms with Crippen molar-refractivity contribution in [3.63, 3.8) is 0 Å². The molecule has 0 aliphatic carbocycles. The van der Waals surface area contributed by atoms with E-state index in [-0.39, 0.29) is 19.4 Å². The Balaban J connectivity index is 4.15. The standard InChI is InChI=1S/C45H73O8P/c1-3-5-7-9-11-13-15-17-19-21-22-24-26-28-30-32-34-36-38-40-45(47)53-43(42-52-54(48,49)50)41-51-44(46)39-37-35-33-31-29-27-25-23-20-18-16-14-12-10-8-6-4-2/h5,7,11,13,17,19,22,24-25,27-28,30-31,33-34,36,43H,3-4,6,8-10,12,14-16,18,20-21,23,26,29,32,35,37-42H2,1-2H3,(H2,48,49,50)/b7-5+,13-11+,19-17+,24-22+,27-25+,30-28+,33-31+,36-34+/t43-/m1/s1. The lowest BCUT2D eigenvalue weighted by atomic mass is 10.1. The fourth-order valence-electron chi connectivity index (χ4n) is 5.08. The lowest BCUT2D eigenvalue weighted by Gasteiger charge is -2.18. The molecule has 9 heteroatoms. The molecule has 0 aromatic carbocycles. The molecular formula is C45H73O8P. The van der Waals surface area contributed by atoms with Gasteiger partial charge < -0.3 is 19.3 Å². The molecular weight excluding hydrogens is 699 g/mol. The minimum absolute atomic E-state index is 0.0727. The topological polar surface area (TPSA) is 119 Å². The van der Waals surface area contributed by atoms with Gasteiger partial charge in [0.15, 0.2) is 6.10 Å². The van der Waals surface area contributed by atoms with E-state index >= 15 is 0 Å². The van der Waals surface area contributed by atoms with Gasteiger partial charge in [0.1, 0.15) is 6.61 Å². The molecule has 0 unspecified atom stereocenters. The number of hydrogen-bond acceptors (Lipinski definition) is 6. The van der Waals surface area contributed by atoms with E-state index in [2.05, 4.69) is 97.4 Å². The maximum atomic E-state index is 12.4. The first kappa shape index (κ1) is 51.0. The quantitative estimate of drug-likeness (QED) is 0.0280. The van der Waals surface area contributed by atoms with Gasteiger partial charge in [-0.15, -0.1) is 0 Å². The van der Waals surface area contributed by atoms with Gasteiger partial charge in [0.05, 0.1) is 6.61 Å². The number of phosphoric acid groups is 1. The average molecular weight is 773 g/mol. The molecule has 1 atom stereocenters. The van der Waals surface area contributed by atoms with Crippen molar-refractivity contribution in [2.45, 2.75) is 161 Å². The van der Waals surface area contributed by atoms with Gasteiger partial charge in [0.25, 0.3) is 0 Å². The molecule has 0 aromatic rings. The van der Waals surface area contributed by atoms with Crippen molar-refractivity contribution in [1.82, 2.24) is 0 Å². The van der Waals surface area contributed by atoms with Crippen LogP contribution in [-0.2, 0) is 28.2 Å². The number of phosphoric ester groups is 1. The summed E-state index contributed by atoms with van der Waals surface area (Å²) in [4.78, 5) is 42.8. The van der Waals surface area contributed by atoms with E-state index in [1.165, 1.54) is 57.8 Å². The van der Waals surface area contributed by atoms with Gasteiger partial charge in [-0.25, -0.2) is 4.57 Å². The highest BCUT2D eigenvalue weighted by atomic mass is 31.2. The Morgan fingerprint density at radius 1 is 0.500 bits per heavy atom. The Kier molecular flexibility index (Phi) is 37.4. The molecule has 0 aromatic heterocycles. The van der Waals surface area contributed by atoms with Crippen molar-refractivity contribution in [3.8, 4) is 0 Å². The zero-order chi connectivity index (χ0) is 39.6. The van der Waals surface area contributed by atoms with Gasteiger partial charge in [0, 0.05) is 12.8 Å². The van der Waals surface area contributed by atoms with Gasteiger partial charge in [0.2, 0.25) is 0 Å². The zero-order valence-corrected chi connectivity index (χ0v) is 34.5. The minimum atomic E-state index is -4.79. The Labute approximate surface area is 328 Å². The van der Waals surface area contributed by atoms with Crippen LogP contribution < -0.4 is 0 Å². The summed E-state index contributed by atoms with van der Waals surface area (Å²) in [5.41, 5.74) is 0. The molecule has 0 saturated carbocycles. The van der Waals surface area contributed by atoms with Gasteiger partial charge >= 0.3 is 19.8 Å². The van der Waals surface area contributed by atoms with Crippen LogP contribution >= 0.6 is 7.82 Å². The second-order valence-corrected chi connectivity index (χ2v) is 14.5. The molecule has 306 valence electrons. The number of carbonyl (C=O) groups is 2. The SMILES string of the molecule is CC/C=C/C/C=C/C/C=C/C/C=C/C/C=C/C/C=C/CCC(=O)O[C@H](COC(=O)CCC/C=C/C/C=C/CCCCCCCCCCC)COP(=O)(O)O. The number of unbranched alkanes of at least 4 members (excludes halogenated alkanes) is 10. The van der Waals surface area contributed by atoms with Crippen molar-refractivity contribution in [1.29, 1.82) is 0 Å². The fraction of sp³-hybridized carbons (Fsp3) is 0.600. The van der Waals surface area contributed by atoms with Gasteiger partial charge in [-0.05, 0) is 77.0 Å². The van der Waals surface area contributed by atoms with Crippen LogP contribution in [0.1, 0.15) is 155 Å². The lowest BCUT2D eigenvalue weighted by molar-refractivity contribution is -0.161. The summed E-state index contributed by atoms with van der Waals surface area (Å²) in [5, 5.41) is 0. The minimum Gasteiger partial charge on any atom is -0.462 e. The predicted molar refractivity (Wildman–Crippen MR) is 225 cm³/mol. The highest BCUT2D eigenvalue weighted by molar-refractivity contribution is 7.46. The van der Waals surface area contributed by atoms with Crippen LogP contribution in [0.15, 0.2) is 97.2 Å². The van der Waals surface area contributed by atoms with Crippen LogP contribution in [0.25, 0.3) is 0 Å². The Morgan fingerprint density at radius 3 is 1.41 bits per heavy atom. The molecule has 0 saturated heterocycles. The van der Waals surface area contributed by atoms with Crippen LogP contribution in [0.5, 0.6) is 0 Å². The molecule has 0 rings (SSSR count). The molecule has 54 heavy (non-hydrogen) atoms. The molecule has 0 aliphatic rings. The van der Waals surface area contributed by atoms with Crippen molar-refractivity contribution in [3.05, 3.63) is 97.2 Å². The summed E-state index contributed by atoms with van der Waals surface area (Å²) in [5.74, 6) is -1.04. The molecule has 0 radical (unpaired) electrons. The molecule has 8 nitrogen and oxygen atoms in total. The normalized spacial score (nSPS) is 13.5. The maximum Gasteiger partial charge on any atom is 0.469 e. The predicted octanol–water partition coefficient (Wildman–Crippen LogP) is 12.6. The second-order valence-electron chi connectivity index (χ2n) is 13.2. The zero-order valence-electron chi connectivity index (χ0n) is 33.6. The Bertz CT molecular complexity index is 1190. The highest BCUT2D eigenvalue weighted by Crippen LogP contribution is 2.35. The van der Waals surface area contributed by atoms with Gasteiger partial charge in [-0.3, -0.25) is 14.1 Å². The number of hydrogen-bond donors (Lipinski definition) is 2. The van der Waals surface area contributed by atoms with E-state index in [1.807, 2.05) is 18.2 Å².